The summed E-state index contributed by atoms with van der Waals surface area (Å²) in [4.78, 5) is 12.5. The minimum absolute atomic E-state index is 0.0475. The van der Waals surface area contributed by atoms with Gasteiger partial charge in [-0.2, -0.15) is 5.26 Å². The van der Waals surface area contributed by atoms with Crippen LogP contribution in [0.5, 0.6) is 0 Å². The Kier molecular flexibility index (Phi) is 3.97. The highest BCUT2D eigenvalue weighted by molar-refractivity contribution is 5.97. The number of H-pyrrole nitrogens is 1. The number of pyridine rings is 1. The van der Waals surface area contributed by atoms with E-state index >= 15 is 0 Å². The summed E-state index contributed by atoms with van der Waals surface area (Å²) < 4.78 is 2.21. The molecule has 5 nitrogen and oxygen atoms in total. The summed E-state index contributed by atoms with van der Waals surface area (Å²) in [5, 5.41) is 10.3. The highest BCUT2D eigenvalue weighted by atomic mass is 15.1. The van der Waals surface area contributed by atoms with Crippen LogP contribution in [0.15, 0.2) is 67.3 Å². The van der Waals surface area contributed by atoms with Crippen LogP contribution in [0.4, 0.5) is 0 Å². The van der Waals surface area contributed by atoms with Gasteiger partial charge in [-0.15, -0.1) is 0 Å². The molecule has 0 saturated heterocycles. The van der Waals surface area contributed by atoms with Gasteiger partial charge in [0.05, 0.1) is 29.0 Å². The molecule has 146 valence electrons. The van der Waals surface area contributed by atoms with Crippen molar-refractivity contribution >= 4 is 22.1 Å². The van der Waals surface area contributed by atoms with E-state index in [1.807, 2.05) is 43.0 Å². The highest BCUT2D eigenvalue weighted by Gasteiger charge is 2.17. The Morgan fingerprint density at radius 2 is 1.83 bits per heavy atom. The van der Waals surface area contributed by atoms with E-state index in [9.17, 15) is 5.26 Å². The van der Waals surface area contributed by atoms with Crippen molar-refractivity contribution in [3.63, 3.8) is 0 Å². The Morgan fingerprint density at radius 3 is 2.63 bits per heavy atom. The topological polar surface area (TPSA) is 70.3 Å². The quantitative estimate of drug-likeness (QED) is 0.409. The van der Waals surface area contributed by atoms with Crippen molar-refractivity contribution in [2.24, 2.45) is 0 Å². The fraction of sp³-hybridized carbons (Fsp3) is 0.160. The van der Waals surface area contributed by atoms with Crippen molar-refractivity contribution in [3.8, 4) is 28.3 Å². The molecule has 0 radical (unpaired) electrons. The monoisotopic (exact) mass is 391 g/mol. The van der Waals surface area contributed by atoms with Crippen LogP contribution in [-0.2, 0) is 5.54 Å². The maximum atomic E-state index is 9.21. The molecule has 5 aromatic rings. The number of rotatable bonds is 2. The van der Waals surface area contributed by atoms with E-state index in [-0.39, 0.29) is 5.54 Å². The number of nitrogens with one attached hydrogen (secondary N) is 1. The van der Waals surface area contributed by atoms with Gasteiger partial charge < -0.3 is 9.55 Å². The molecule has 0 aliphatic carbocycles. The zero-order valence-corrected chi connectivity index (χ0v) is 17.1. The molecule has 3 heterocycles. The molecule has 5 heteroatoms. The van der Waals surface area contributed by atoms with E-state index in [2.05, 4.69) is 70.6 Å². The van der Waals surface area contributed by atoms with Crippen LogP contribution in [-0.4, -0.2) is 19.5 Å². The van der Waals surface area contributed by atoms with Crippen LogP contribution in [0.1, 0.15) is 26.3 Å². The Labute approximate surface area is 174 Å². The fourth-order valence-corrected chi connectivity index (χ4v) is 3.88. The minimum Gasteiger partial charge on any atom is -0.346 e. The highest BCUT2D eigenvalue weighted by Crippen LogP contribution is 2.33. The average molecular weight is 391 g/mol. The third kappa shape index (κ3) is 2.94. The van der Waals surface area contributed by atoms with E-state index in [0.29, 0.717) is 5.56 Å². The first kappa shape index (κ1) is 18.1. The molecular formula is C25H21N5. The molecule has 0 saturated carbocycles. The van der Waals surface area contributed by atoms with E-state index < -0.39 is 0 Å². The number of imidazole rings is 1. The zero-order chi connectivity index (χ0) is 20.9. The summed E-state index contributed by atoms with van der Waals surface area (Å²) in [6.45, 7) is 6.54. The molecule has 1 N–H and O–H groups in total. The predicted octanol–water partition coefficient (Wildman–Crippen LogP) is 5.87. The SMILES string of the molecule is CC(C)(C)n1cnc2ccc(-c3c[nH]c4ncc(-c5cccc(C#N)c5)cc34)cc21. The molecule has 0 atom stereocenters. The van der Waals surface area contributed by atoms with Crippen LogP contribution in [0.25, 0.3) is 44.3 Å². The van der Waals surface area contributed by atoms with Crippen molar-refractivity contribution in [2.45, 2.75) is 26.3 Å². The van der Waals surface area contributed by atoms with Gasteiger partial charge >= 0.3 is 0 Å². The van der Waals surface area contributed by atoms with E-state index in [1.54, 1.807) is 0 Å². The summed E-state index contributed by atoms with van der Waals surface area (Å²) in [5.74, 6) is 0. The Balaban J connectivity index is 1.67. The third-order valence-electron chi connectivity index (χ3n) is 5.44. The van der Waals surface area contributed by atoms with E-state index in [0.717, 1.165) is 44.3 Å². The van der Waals surface area contributed by atoms with Crippen molar-refractivity contribution in [1.82, 2.24) is 19.5 Å². The van der Waals surface area contributed by atoms with Gasteiger partial charge in [-0.3, -0.25) is 0 Å². The zero-order valence-electron chi connectivity index (χ0n) is 17.1. The van der Waals surface area contributed by atoms with Gasteiger partial charge in [0.15, 0.2) is 0 Å². The van der Waals surface area contributed by atoms with Crippen molar-refractivity contribution in [3.05, 3.63) is 72.8 Å². The molecule has 30 heavy (non-hydrogen) atoms. The van der Waals surface area contributed by atoms with Gasteiger partial charge in [0.1, 0.15) is 5.65 Å². The van der Waals surface area contributed by atoms with Gasteiger partial charge in [0, 0.05) is 34.4 Å². The standard InChI is InChI=1S/C25H21N5/c1-25(2,3)30-15-29-22-8-7-18(11-23(22)30)21-14-28-24-20(21)10-19(13-27-24)17-6-4-5-16(9-17)12-26/h4-11,13-15H,1-3H3,(H,27,28). The Bertz CT molecular complexity index is 1440. The van der Waals surface area contributed by atoms with Gasteiger partial charge in [-0.05, 0) is 62.2 Å². The summed E-state index contributed by atoms with van der Waals surface area (Å²) in [7, 11) is 0. The maximum Gasteiger partial charge on any atom is 0.137 e. The number of aromatic amines is 1. The number of hydrogen-bond acceptors (Lipinski definition) is 3. The van der Waals surface area contributed by atoms with Gasteiger partial charge in [0.2, 0.25) is 0 Å². The first-order chi connectivity index (χ1) is 14.4. The first-order valence-electron chi connectivity index (χ1n) is 9.90. The average Bonchev–Trinajstić information content (AvgIpc) is 3.36. The number of aromatic nitrogens is 4. The molecule has 0 bridgehead atoms. The lowest BCUT2D eigenvalue weighted by Crippen LogP contribution is -2.20. The Hall–Kier alpha value is -3.91. The lowest BCUT2D eigenvalue weighted by molar-refractivity contribution is 0.408. The summed E-state index contributed by atoms with van der Waals surface area (Å²) in [6, 6.07) is 18.3. The summed E-state index contributed by atoms with van der Waals surface area (Å²) >= 11 is 0. The van der Waals surface area contributed by atoms with E-state index in [1.165, 1.54) is 0 Å². The van der Waals surface area contributed by atoms with Crippen molar-refractivity contribution < 1.29 is 0 Å². The largest absolute Gasteiger partial charge is 0.346 e. The second-order valence-corrected chi connectivity index (χ2v) is 8.50. The molecule has 0 aliphatic rings. The molecule has 3 aromatic heterocycles. The molecule has 0 amide bonds. The second kappa shape index (κ2) is 6.57. The second-order valence-electron chi connectivity index (χ2n) is 8.50. The fourth-order valence-electron chi connectivity index (χ4n) is 3.88. The van der Waals surface area contributed by atoms with Gasteiger partial charge in [0.25, 0.3) is 0 Å². The lowest BCUT2D eigenvalue weighted by Gasteiger charge is -2.21. The third-order valence-corrected chi connectivity index (χ3v) is 5.44. The minimum atomic E-state index is -0.0475. The molecule has 0 aliphatic heterocycles. The van der Waals surface area contributed by atoms with E-state index in [4.69, 9.17) is 0 Å². The predicted molar refractivity (Wildman–Crippen MR) is 120 cm³/mol. The number of hydrogen-bond donors (Lipinski definition) is 1. The molecular weight excluding hydrogens is 370 g/mol. The smallest absolute Gasteiger partial charge is 0.137 e. The van der Waals surface area contributed by atoms with Crippen LogP contribution in [0, 0.1) is 11.3 Å². The normalized spacial score (nSPS) is 11.8. The summed E-state index contributed by atoms with van der Waals surface area (Å²) in [5.41, 5.74) is 7.72. The molecule has 0 spiro atoms. The Morgan fingerprint density at radius 1 is 0.967 bits per heavy atom. The number of benzene rings is 2. The van der Waals surface area contributed by atoms with Crippen LogP contribution < -0.4 is 0 Å². The lowest BCUT2D eigenvalue weighted by atomic mass is 10.0. The van der Waals surface area contributed by atoms with Gasteiger partial charge in [-0.1, -0.05) is 18.2 Å². The number of fused-ring (bicyclic) bond motifs is 2. The maximum absolute atomic E-state index is 9.21. The van der Waals surface area contributed by atoms with Crippen molar-refractivity contribution in [2.75, 3.05) is 0 Å². The summed E-state index contributed by atoms with van der Waals surface area (Å²) in [6.07, 6.45) is 5.76. The van der Waals surface area contributed by atoms with Crippen molar-refractivity contribution in [1.29, 1.82) is 5.26 Å². The number of nitriles is 1. The molecule has 0 fully saturated rings. The van der Waals surface area contributed by atoms with Crippen LogP contribution in [0.3, 0.4) is 0 Å². The molecule has 2 aromatic carbocycles. The molecule has 0 unspecified atom stereocenters. The van der Waals surface area contributed by atoms with Crippen LogP contribution in [0.2, 0.25) is 0 Å². The van der Waals surface area contributed by atoms with Crippen LogP contribution >= 0.6 is 0 Å². The number of nitrogens with zero attached hydrogens (tertiary/aromatic N) is 4. The first-order valence-corrected chi connectivity index (χ1v) is 9.90. The van der Waals surface area contributed by atoms with Gasteiger partial charge in [-0.25, -0.2) is 9.97 Å². The molecule has 5 rings (SSSR count).